The second-order valence-electron chi connectivity index (χ2n) is 7.17. The number of rotatable bonds is 7. The molecule has 1 aromatic rings. The summed E-state index contributed by atoms with van der Waals surface area (Å²) in [5.41, 5.74) is 2.55. The largest absolute Gasteiger partial charge is 0.352 e. The van der Waals surface area contributed by atoms with Gasteiger partial charge in [0.05, 0.1) is 6.54 Å². The maximum atomic E-state index is 12.4. The van der Waals surface area contributed by atoms with Crippen LogP contribution in [0.15, 0.2) is 24.3 Å². The SMILES string of the molecule is CCc1ccc(CCC(=O)N2CCN(CC(=O)NC3CC3)CC2)cc1. The Morgan fingerprint density at radius 2 is 1.68 bits per heavy atom. The third kappa shape index (κ3) is 5.56. The average Bonchev–Trinajstić information content (AvgIpc) is 3.44. The normalized spacial score (nSPS) is 18.2. The van der Waals surface area contributed by atoms with Crippen LogP contribution in [0.1, 0.15) is 37.3 Å². The van der Waals surface area contributed by atoms with Crippen LogP contribution in [0.3, 0.4) is 0 Å². The number of hydrogen-bond donors (Lipinski definition) is 1. The summed E-state index contributed by atoms with van der Waals surface area (Å²) in [6, 6.07) is 8.96. The number of nitrogens with zero attached hydrogens (tertiary/aromatic N) is 2. The van der Waals surface area contributed by atoms with Crippen molar-refractivity contribution in [2.45, 2.75) is 45.1 Å². The lowest BCUT2D eigenvalue weighted by atomic mass is 10.1. The summed E-state index contributed by atoms with van der Waals surface area (Å²) in [7, 11) is 0. The molecule has 0 bridgehead atoms. The predicted molar refractivity (Wildman–Crippen MR) is 98.3 cm³/mol. The van der Waals surface area contributed by atoms with E-state index in [2.05, 4.69) is 41.4 Å². The van der Waals surface area contributed by atoms with Crippen molar-refractivity contribution in [2.24, 2.45) is 0 Å². The molecule has 1 aromatic carbocycles. The Kier molecular flexibility index (Phi) is 6.08. The smallest absolute Gasteiger partial charge is 0.234 e. The van der Waals surface area contributed by atoms with Gasteiger partial charge < -0.3 is 10.2 Å². The first-order valence-corrected chi connectivity index (χ1v) is 9.51. The van der Waals surface area contributed by atoms with Crippen molar-refractivity contribution >= 4 is 11.8 Å². The number of piperazine rings is 1. The molecule has 3 rings (SSSR count). The van der Waals surface area contributed by atoms with Gasteiger partial charge in [0.1, 0.15) is 0 Å². The fourth-order valence-corrected chi connectivity index (χ4v) is 3.21. The minimum Gasteiger partial charge on any atom is -0.352 e. The van der Waals surface area contributed by atoms with Crippen molar-refractivity contribution in [3.63, 3.8) is 0 Å². The number of carbonyl (C=O) groups excluding carboxylic acids is 2. The van der Waals surface area contributed by atoms with E-state index in [1.807, 2.05) is 4.90 Å². The van der Waals surface area contributed by atoms with E-state index in [4.69, 9.17) is 0 Å². The molecule has 0 unspecified atom stereocenters. The summed E-state index contributed by atoms with van der Waals surface area (Å²) < 4.78 is 0. The molecule has 0 aromatic heterocycles. The van der Waals surface area contributed by atoms with E-state index < -0.39 is 0 Å². The highest BCUT2D eigenvalue weighted by atomic mass is 16.2. The van der Waals surface area contributed by atoms with E-state index in [1.165, 1.54) is 11.1 Å². The van der Waals surface area contributed by atoms with Gasteiger partial charge in [-0.15, -0.1) is 0 Å². The van der Waals surface area contributed by atoms with Crippen molar-refractivity contribution in [3.8, 4) is 0 Å². The maximum Gasteiger partial charge on any atom is 0.234 e. The molecule has 2 amide bonds. The Bertz CT molecular complexity index is 587. The molecule has 136 valence electrons. The third-order valence-corrected chi connectivity index (χ3v) is 5.09. The van der Waals surface area contributed by atoms with Crippen LogP contribution in [0.2, 0.25) is 0 Å². The van der Waals surface area contributed by atoms with Crippen LogP contribution in [0.4, 0.5) is 0 Å². The molecule has 1 aliphatic heterocycles. The Morgan fingerprint density at radius 1 is 1.04 bits per heavy atom. The van der Waals surface area contributed by atoms with Crippen molar-refractivity contribution in [3.05, 3.63) is 35.4 Å². The third-order valence-electron chi connectivity index (χ3n) is 5.09. The minimum absolute atomic E-state index is 0.123. The number of benzene rings is 1. The molecular formula is C20H29N3O2. The Hall–Kier alpha value is -1.88. The zero-order valence-corrected chi connectivity index (χ0v) is 15.2. The van der Waals surface area contributed by atoms with E-state index in [-0.39, 0.29) is 11.8 Å². The molecular weight excluding hydrogens is 314 g/mol. The summed E-state index contributed by atoms with van der Waals surface area (Å²) in [6.07, 6.45) is 4.65. The van der Waals surface area contributed by atoms with Crippen LogP contribution in [-0.4, -0.2) is 60.4 Å². The Labute approximate surface area is 150 Å². The van der Waals surface area contributed by atoms with Crippen molar-refractivity contribution in [1.29, 1.82) is 0 Å². The van der Waals surface area contributed by atoms with Crippen molar-refractivity contribution in [1.82, 2.24) is 15.1 Å². The zero-order valence-electron chi connectivity index (χ0n) is 15.2. The fraction of sp³-hybridized carbons (Fsp3) is 0.600. The van der Waals surface area contributed by atoms with Crippen LogP contribution >= 0.6 is 0 Å². The monoisotopic (exact) mass is 343 g/mol. The van der Waals surface area contributed by atoms with E-state index in [0.29, 0.717) is 19.0 Å². The quantitative estimate of drug-likeness (QED) is 0.818. The van der Waals surface area contributed by atoms with E-state index >= 15 is 0 Å². The Balaban J connectivity index is 1.36. The lowest BCUT2D eigenvalue weighted by molar-refractivity contribution is -0.133. The molecule has 1 N–H and O–H groups in total. The Morgan fingerprint density at radius 3 is 2.28 bits per heavy atom. The fourth-order valence-electron chi connectivity index (χ4n) is 3.21. The molecule has 0 radical (unpaired) electrons. The lowest BCUT2D eigenvalue weighted by Crippen LogP contribution is -2.51. The van der Waals surface area contributed by atoms with Gasteiger partial charge in [0.15, 0.2) is 0 Å². The van der Waals surface area contributed by atoms with Gasteiger partial charge in [0, 0.05) is 38.6 Å². The molecule has 25 heavy (non-hydrogen) atoms. The van der Waals surface area contributed by atoms with Gasteiger partial charge >= 0.3 is 0 Å². The molecule has 1 heterocycles. The summed E-state index contributed by atoms with van der Waals surface area (Å²) in [6.45, 7) is 5.63. The van der Waals surface area contributed by atoms with Gasteiger partial charge in [-0.1, -0.05) is 31.2 Å². The first kappa shape index (κ1) is 17.9. The number of amides is 2. The molecule has 0 atom stereocenters. The van der Waals surface area contributed by atoms with Crippen molar-refractivity contribution in [2.75, 3.05) is 32.7 Å². The number of carbonyl (C=O) groups is 2. The molecule has 2 aliphatic rings. The van der Waals surface area contributed by atoms with Crippen LogP contribution in [0.25, 0.3) is 0 Å². The molecule has 1 saturated heterocycles. The summed E-state index contributed by atoms with van der Waals surface area (Å²) in [4.78, 5) is 28.3. The standard InChI is InChI=1S/C20H29N3O2/c1-2-16-3-5-17(6-4-16)7-10-20(25)23-13-11-22(12-14-23)15-19(24)21-18-8-9-18/h3-6,18H,2,7-15H2,1H3,(H,21,24). The summed E-state index contributed by atoms with van der Waals surface area (Å²) in [5.74, 6) is 0.347. The lowest BCUT2D eigenvalue weighted by Gasteiger charge is -2.34. The number of hydrogen-bond acceptors (Lipinski definition) is 3. The summed E-state index contributed by atoms with van der Waals surface area (Å²) >= 11 is 0. The van der Waals surface area contributed by atoms with Crippen LogP contribution < -0.4 is 5.32 Å². The molecule has 1 aliphatic carbocycles. The topological polar surface area (TPSA) is 52.7 Å². The van der Waals surface area contributed by atoms with Gasteiger partial charge in [-0.2, -0.15) is 0 Å². The predicted octanol–water partition coefficient (Wildman–Crippen LogP) is 1.60. The molecule has 2 fully saturated rings. The van der Waals surface area contributed by atoms with Crippen LogP contribution in [0.5, 0.6) is 0 Å². The highest BCUT2D eigenvalue weighted by Gasteiger charge is 2.26. The van der Waals surface area contributed by atoms with Crippen LogP contribution in [-0.2, 0) is 22.4 Å². The molecule has 0 spiro atoms. The van der Waals surface area contributed by atoms with Gasteiger partial charge in [0.25, 0.3) is 0 Å². The van der Waals surface area contributed by atoms with Gasteiger partial charge in [-0.3, -0.25) is 14.5 Å². The highest BCUT2D eigenvalue weighted by molar-refractivity contribution is 5.79. The van der Waals surface area contributed by atoms with Gasteiger partial charge in [0.2, 0.25) is 11.8 Å². The number of nitrogens with one attached hydrogen (secondary N) is 1. The number of aryl methyl sites for hydroxylation is 2. The van der Waals surface area contributed by atoms with Crippen LogP contribution in [0, 0.1) is 0 Å². The van der Waals surface area contributed by atoms with E-state index in [0.717, 1.165) is 51.9 Å². The van der Waals surface area contributed by atoms with Crippen molar-refractivity contribution < 1.29 is 9.59 Å². The second-order valence-corrected chi connectivity index (χ2v) is 7.17. The first-order valence-electron chi connectivity index (χ1n) is 9.51. The average molecular weight is 343 g/mol. The maximum absolute atomic E-state index is 12.4. The minimum atomic E-state index is 0.123. The van der Waals surface area contributed by atoms with Gasteiger partial charge in [-0.25, -0.2) is 0 Å². The van der Waals surface area contributed by atoms with Gasteiger partial charge in [-0.05, 0) is 36.8 Å². The zero-order chi connectivity index (χ0) is 17.6. The molecule has 5 nitrogen and oxygen atoms in total. The second kappa shape index (κ2) is 8.48. The highest BCUT2D eigenvalue weighted by Crippen LogP contribution is 2.18. The summed E-state index contributed by atoms with van der Waals surface area (Å²) in [5, 5.41) is 3.02. The van der Waals surface area contributed by atoms with E-state index in [1.54, 1.807) is 0 Å². The molecule has 1 saturated carbocycles. The first-order chi connectivity index (χ1) is 12.1. The molecule has 5 heteroatoms. The van der Waals surface area contributed by atoms with E-state index in [9.17, 15) is 9.59 Å².